The fourth-order valence-corrected chi connectivity index (χ4v) is 4.08. The Labute approximate surface area is 161 Å². The molecular weight excluding hydrogens is 410 g/mol. The maximum Gasteiger partial charge on any atom is 0.336 e. The number of aromatic nitrogens is 1. The van der Waals surface area contributed by atoms with E-state index in [9.17, 15) is 33.2 Å². The monoisotopic (exact) mass is 421 g/mol. The Morgan fingerprint density at radius 3 is 2.57 bits per heavy atom. The van der Waals surface area contributed by atoms with Crippen LogP contribution in [0.15, 0.2) is 41.3 Å². The van der Waals surface area contributed by atoms with E-state index < -0.39 is 43.5 Å². The van der Waals surface area contributed by atoms with Gasteiger partial charge >= 0.3 is 5.97 Å². The molecule has 3 aromatic rings. The molecule has 28 heavy (non-hydrogen) atoms. The maximum atomic E-state index is 12.6. The summed E-state index contributed by atoms with van der Waals surface area (Å²) in [5.41, 5.74) is -1.37. The second kappa shape index (κ2) is 6.98. The highest BCUT2D eigenvalue weighted by Gasteiger charge is 2.27. The number of aromatic carboxylic acids is 1. The molecule has 0 fully saturated rings. The smallest absolute Gasteiger partial charge is 0.336 e. The quantitative estimate of drug-likeness (QED) is 0.470. The van der Waals surface area contributed by atoms with E-state index in [-0.39, 0.29) is 10.0 Å². The van der Waals surface area contributed by atoms with Crippen LogP contribution < -0.4 is 5.32 Å². The minimum atomic E-state index is -3.43. The predicted octanol–water partition coefficient (Wildman–Crippen LogP) is 2.56. The lowest BCUT2D eigenvalue weighted by atomic mass is 10.0. The summed E-state index contributed by atoms with van der Waals surface area (Å²) in [6.07, 6.45) is 1.06. The van der Waals surface area contributed by atoms with E-state index >= 15 is 0 Å². The minimum Gasteiger partial charge on any atom is -0.478 e. The number of carboxylic acids is 1. The second-order valence-electron chi connectivity index (χ2n) is 5.64. The molecular formula is C16H11N3O7S2. The zero-order valence-corrected chi connectivity index (χ0v) is 15.7. The number of nitrogens with one attached hydrogen (secondary N) is 1. The van der Waals surface area contributed by atoms with Gasteiger partial charge in [0, 0.05) is 12.3 Å². The molecule has 1 aromatic heterocycles. The molecule has 0 aliphatic carbocycles. The summed E-state index contributed by atoms with van der Waals surface area (Å²) in [5.74, 6) is -2.50. The van der Waals surface area contributed by atoms with Gasteiger partial charge in [0.15, 0.2) is 15.0 Å². The fourth-order valence-electron chi connectivity index (χ4n) is 2.46. The third kappa shape index (κ3) is 3.68. The number of hydrogen-bond acceptors (Lipinski definition) is 8. The van der Waals surface area contributed by atoms with E-state index in [0.717, 1.165) is 29.7 Å². The molecule has 0 atom stereocenters. The molecule has 1 amide bonds. The summed E-state index contributed by atoms with van der Waals surface area (Å²) in [6.45, 7) is 0. The van der Waals surface area contributed by atoms with Crippen LogP contribution >= 0.6 is 11.3 Å². The minimum absolute atomic E-state index is 0.0418. The van der Waals surface area contributed by atoms with Gasteiger partial charge in [0.25, 0.3) is 11.6 Å². The number of nitrogens with zero attached hydrogens (tertiary/aromatic N) is 2. The Morgan fingerprint density at radius 2 is 1.96 bits per heavy atom. The Morgan fingerprint density at radius 1 is 1.25 bits per heavy atom. The van der Waals surface area contributed by atoms with E-state index in [4.69, 9.17) is 0 Å². The van der Waals surface area contributed by atoms with Gasteiger partial charge in [0.05, 0.1) is 25.6 Å². The highest BCUT2D eigenvalue weighted by Crippen LogP contribution is 2.30. The number of sulfone groups is 1. The number of thiazole rings is 1. The molecule has 0 aliphatic rings. The number of rotatable bonds is 5. The summed E-state index contributed by atoms with van der Waals surface area (Å²) < 4.78 is 23.8. The summed E-state index contributed by atoms with van der Waals surface area (Å²) >= 11 is 0.954. The summed E-state index contributed by atoms with van der Waals surface area (Å²) in [6, 6.07) is 7.51. The number of carboxylic acid groups (broad SMARTS) is 1. The topological polar surface area (TPSA) is 157 Å². The van der Waals surface area contributed by atoms with Gasteiger partial charge in [-0.3, -0.25) is 20.2 Å². The van der Waals surface area contributed by atoms with E-state index in [1.165, 1.54) is 24.3 Å². The van der Waals surface area contributed by atoms with Gasteiger partial charge in [-0.1, -0.05) is 17.4 Å². The van der Waals surface area contributed by atoms with Crippen molar-refractivity contribution >= 4 is 54.1 Å². The van der Waals surface area contributed by atoms with Crippen LogP contribution in [0.1, 0.15) is 20.7 Å². The molecule has 2 aromatic carbocycles. The molecule has 1 heterocycles. The van der Waals surface area contributed by atoms with Crippen LogP contribution in [-0.4, -0.2) is 41.6 Å². The summed E-state index contributed by atoms with van der Waals surface area (Å²) in [4.78, 5) is 38.5. The molecule has 0 bridgehead atoms. The number of carbonyl (C=O) groups excluding carboxylic acids is 1. The van der Waals surface area contributed by atoms with Crippen LogP contribution in [0.25, 0.3) is 10.2 Å². The molecule has 2 N–H and O–H groups in total. The Bertz CT molecular complexity index is 1220. The van der Waals surface area contributed by atoms with E-state index in [1.807, 2.05) is 0 Å². The zero-order valence-electron chi connectivity index (χ0n) is 14.1. The summed E-state index contributed by atoms with van der Waals surface area (Å²) in [7, 11) is -3.43. The highest BCUT2D eigenvalue weighted by atomic mass is 32.2. The van der Waals surface area contributed by atoms with E-state index in [2.05, 4.69) is 10.3 Å². The van der Waals surface area contributed by atoms with Crippen molar-refractivity contribution in [2.75, 3.05) is 11.6 Å². The SMILES string of the molecule is CS(=O)(=O)c1ccc2nc(NC(=O)c3c(C(=O)O)cccc3[N+](=O)[O-])sc2c1. The third-order valence-electron chi connectivity index (χ3n) is 3.71. The second-order valence-corrected chi connectivity index (χ2v) is 8.68. The van der Waals surface area contributed by atoms with Crippen LogP contribution in [0.4, 0.5) is 10.8 Å². The molecule has 0 unspecified atom stereocenters. The number of carbonyl (C=O) groups is 2. The standard InChI is InChI=1S/C16H11N3O7S2/c1-28(25,26)8-5-6-10-12(7-8)27-16(17-10)18-14(20)13-9(15(21)22)3-2-4-11(13)19(23)24/h2-7H,1H3,(H,21,22)(H,17,18,20). The van der Waals surface area contributed by atoms with Crippen molar-refractivity contribution in [1.29, 1.82) is 0 Å². The Kier molecular flexibility index (Phi) is 4.83. The van der Waals surface area contributed by atoms with Crippen LogP contribution in [0.2, 0.25) is 0 Å². The Balaban J connectivity index is 2.02. The molecule has 0 saturated carbocycles. The normalized spacial score (nSPS) is 11.3. The first kappa shape index (κ1) is 19.4. The average molecular weight is 421 g/mol. The number of amides is 1. The van der Waals surface area contributed by atoms with Gasteiger partial charge in [-0.25, -0.2) is 18.2 Å². The lowest BCUT2D eigenvalue weighted by Crippen LogP contribution is -2.18. The van der Waals surface area contributed by atoms with Crippen LogP contribution in [0.5, 0.6) is 0 Å². The van der Waals surface area contributed by atoms with E-state index in [1.54, 1.807) is 0 Å². The molecule has 0 aliphatic heterocycles. The zero-order chi connectivity index (χ0) is 20.6. The number of fused-ring (bicyclic) bond motifs is 1. The summed E-state index contributed by atoms with van der Waals surface area (Å²) in [5, 5.41) is 22.8. The van der Waals surface area contributed by atoms with Crippen LogP contribution in [-0.2, 0) is 9.84 Å². The highest BCUT2D eigenvalue weighted by molar-refractivity contribution is 7.90. The lowest BCUT2D eigenvalue weighted by molar-refractivity contribution is -0.385. The number of hydrogen-bond donors (Lipinski definition) is 2. The van der Waals surface area contributed by atoms with Crippen molar-refractivity contribution in [2.45, 2.75) is 4.90 Å². The van der Waals surface area contributed by atoms with Crippen molar-refractivity contribution in [3.63, 3.8) is 0 Å². The number of anilines is 1. The molecule has 10 nitrogen and oxygen atoms in total. The predicted molar refractivity (Wildman–Crippen MR) is 101 cm³/mol. The van der Waals surface area contributed by atoms with Crippen molar-refractivity contribution in [2.24, 2.45) is 0 Å². The van der Waals surface area contributed by atoms with Gasteiger partial charge in [-0.15, -0.1) is 0 Å². The van der Waals surface area contributed by atoms with Crippen molar-refractivity contribution in [3.8, 4) is 0 Å². The van der Waals surface area contributed by atoms with Gasteiger partial charge in [-0.2, -0.15) is 0 Å². The lowest BCUT2D eigenvalue weighted by Gasteiger charge is -2.06. The number of nitro benzene ring substituents is 1. The van der Waals surface area contributed by atoms with Crippen molar-refractivity contribution in [3.05, 3.63) is 57.6 Å². The number of nitro groups is 1. The third-order valence-corrected chi connectivity index (χ3v) is 5.75. The van der Waals surface area contributed by atoms with E-state index in [0.29, 0.717) is 10.2 Å². The van der Waals surface area contributed by atoms with Gasteiger partial charge in [0.2, 0.25) is 0 Å². The molecule has 0 saturated heterocycles. The Hall–Kier alpha value is -3.38. The fraction of sp³-hybridized carbons (Fsp3) is 0.0625. The first-order chi connectivity index (χ1) is 13.1. The maximum absolute atomic E-state index is 12.6. The average Bonchev–Trinajstić information content (AvgIpc) is 3.01. The van der Waals surface area contributed by atoms with Crippen molar-refractivity contribution in [1.82, 2.24) is 4.98 Å². The van der Waals surface area contributed by atoms with Gasteiger partial charge in [-0.05, 0) is 24.3 Å². The van der Waals surface area contributed by atoms with Gasteiger partial charge in [0.1, 0.15) is 5.56 Å². The number of benzene rings is 2. The first-order valence-electron chi connectivity index (χ1n) is 7.50. The molecule has 3 rings (SSSR count). The first-order valence-corrected chi connectivity index (χ1v) is 10.2. The van der Waals surface area contributed by atoms with Crippen LogP contribution in [0.3, 0.4) is 0 Å². The van der Waals surface area contributed by atoms with Crippen molar-refractivity contribution < 1.29 is 28.0 Å². The van der Waals surface area contributed by atoms with Gasteiger partial charge < -0.3 is 5.11 Å². The molecule has 12 heteroatoms. The van der Waals surface area contributed by atoms with Crippen LogP contribution in [0, 0.1) is 10.1 Å². The largest absolute Gasteiger partial charge is 0.478 e. The molecule has 0 radical (unpaired) electrons. The molecule has 144 valence electrons. The molecule has 0 spiro atoms.